The minimum absolute atomic E-state index is 0.157. The lowest BCUT2D eigenvalue weighted by Gasteiger charge is -2.36. The SMILES string of the molecule is CCCCCCCCCCCCC1OC(C(O)CCCCC(O)CCCCCC(O)CC2=CC(C)OC2=O)CCC1O. The Morgan fingerprint density at radius 3 is 1.93 bits per heavy atom. The van der Waals surface area contributed by atoms with Gasteiger partial charge in [-0.05, 0) is 57.9 Å². The van der Waals surface area contributed by atoms with Crippen LogP contribution in [-0.2, 0) is 14.3 Å². The summed E-state index contributed by atoms with van der Waals surface area (Å²) in [6.07, 6.45) is 22.2. The molecule has 0 amide bonds. The Kier molecular flexibility index (Phi) is 19.9. The molecular weight excluding hydrogens is 532 g/mol. The number of unbranched alkanes of at least 4 members (excludes halogenated alkanes) is 12. The lowest BCUT2D eigenvalue weighted by molar-refractivity contribution is -0.155. The van der Waals surface area contributed by atoms with Crippen molar-refractivity contribution in [3.63, 3.8) is 0 Å². The monoisotopic (exact) mass is 596 g/mol. The fourth-order valence-electron chi connectivity index (χ4n) is 6.42. The number of hydrogen-bond acceptors (Lipinski definition) is 7. The van der Waals surface area contributed by atoms with Gasteiger partial charge in [0.05, 0.1) is 36.6 Å². The number of cyclic esters (lactones) is 1. The second kappa shape index (κ2) is 22.5. The molecule has 2 aliphatic heterocycles. The van der Waals surface area contributed by atoms with E-state index in [1.54, 1.807) is 6.08 Å². The maximum absolute atomic E-state index is 11.7. The number of ether oxygens (including phenoxy) is 2. The predicted molar refractivity (Wildman–Crippen MR) is 168 cm³/mol. The van der Waals surface area contributed by atoms with Crippen molar-refractivity contribution >= 4 is 5.97 Å². The molecule has 1 fully saturated rings. The van der Waals surface area contributed by atoms with E-state index in [0.717, 1.165) is 57.8 Å². The third kappa shape index (κ3) is 16.2. The van der Waals surface area contributed by atoms with Gasteiger partial charge in [-0.2, -0.15) is 0 Å². The Morgan fingerprint density at radius 2 is 1.31 bits per heavy atom. The van der Waals surface area contributed by atoms with Gasteiger partial charge in [0.15, 0.2) is 0 Å². The van der Waals surface area contributed by atoms with Crippen LogP contribution in [0.25, 0.3) is 0 Å². The maximum Gasteiger partial charge on any atom is 0.334 e. The highest BCUT2D eigenvalue weighted by atomic mass is 16.5. The molecule has 7 heteroatoms. The van der Waals surface area contributed by atoms with Crippen molar-refractivity contribution in [1.82, 2.24) is 0 Å². The van der Waals surface area contributed by atoms with Crippen LogP contribution in [0.15, 0.2) is 11.6 Å². The smallest absolute Gasteiger partial charge is 0.334 e. The fraction of sp³-hybridized carbons (Fsp3) is 0.914. The second-order valence-corrected chi connectivity index (χ2v) is 13.1. The molecule has 7 atom stereocenters. The van der Waals surface area contributed by atoms with Crippen molar-refractivity contribution in [2.24, 2.45) is 0 Å². The Morgan fingerprint density at radius 1 is 0.762 bits per heavy atom. The van der Waals surface area contributed by atoms with E-state index in [2.05, 4.69) is 6.92 Å². The van der Waals surface area contributed by atoms with Crippen molar-refractivity contribution in [2.75, 3.05) is 0 Å². The molecule has 2 aliphatic rings. The van der Waals surface area contributed by atoms with E-state index in [1.165, 1.54) is 57.8 Å². The lowest BCUT2D eigenvalue weighted by Crippen LogP contribution is -2.43. The summed E-state index contributed by atoms with van der Waals surface area (Å²) in [5.41, 5.74) is 0.576. The molecule has 0 spiro atoms. The van der Waals surface area contributed by atoms with Crippen molar-refractivity contribution in [3.8, 4) is 0 Å². The minimum atomic E-state index is -0.531. The first kappa shape index (κ1) is 37.2. The van der Waals surface area contributed by atoms with Crippen LogP contribution in [0.3, 0.4) is 0 Å². The van der Waals surface area contributed by atoms with Crippen molar-refractivity contribution in [3.05, 3.63) is 11.6 Å². The Hall–Kier alpha value is -0.990. The van der Waals surface area contributed by atoms with Crippen molar-refractivity contribution < 1.29 is 34.7 Å². The van der Waals surface area contributed by atoms with E-state index in [9.17, 15) is 25.2 Å². The van der Waals surface area contributed by atoms with E-state index < -0.39 is 18.3 Å². The first-order valence-electron chi connectivity index (χ1n) is 17.6. The molecular formula is C35H64O7. The summed E-state index contributed by atoms with van der Waals surface area (Å²) in [6, 6.07) is 0. The quantitative estimate of drug-likeness (QED) is 0.0658. The van der Waals surface area contributed by atoms with Gasteiger partial charge in [0, 0.05) is 12.0 Å². The van der Waals surface area contributed by atoms with E-state index >= 15 is 0 Å². The van der Waals surface area contributed by atoms with Crippen LogP contribution in [0.1, 0.15) is 162 Å². The Bertz CT molecular complexity index is 726. The van der Waals surface area contributed by atoms with E-state index in [4.69, 9.17) is 9.47 Å². The normalized spacial score (nSPS) is 24.8. The van der Waals surface area contributed by atoms with Crippen LogP contribution in [0, 0.1) is 0 Å². The van der Waals surface area contributed by atoms with Gasteiger partial charge < -0.3 is 29.9 Å². The molecule has 0 aromatic carbocycles. The number of aliphatic hydroxyl groups excluding tert-OH is 4. The highest BCUT2D eigenvalue weighted by molar-refractivity contribution is 5.90. The average molecular weight is 597 g/mol. The van der Waals surface area contributed by atoms with Crippen molar-refractivity contribution in [1.29, 1.82) is 0 Å². The highest BCUT2D eigenvalue weighted by Crippen LogP contribution is 2.28. The summed E-state index contributed by atoms with van der Waals surface area (Å²) in [7, 11) is 0. The van der Waals surface area contributed by atoms with Gasteiger partial charge in [0.2, 0.25) is 0 Å². The number of hydrogen-bond donors (Lipinski definition) is 4. The Balaban J connectivity index is 1.45. The number of carbonyl (C=O) groups excluding carboxylic acids is 1. The van der Waals surface area contributed by atoms with Gasteiger partial charge in [-0.1, -0.05) is 103 Å². The summed E-state index contributed by atoms with van der Waals surface area (Å²) in [5.74, 6) is -0.314. The largest absolute Gasteiger partial charge is 0.455 e. The third-order valence-electron chi connectivity index (χ3n) is 9.11. The van der Waals surface area contributed by atoms with Crippen LogP contribution < -0.4 is 0 Å². The predicted octanol–water partition coefficient (Wildman–Crippen LogP) is 7.06. The van der Waals surface area contributed by atoms with E-state index in [1.807, 2.05) is 6.92 Å². The van der Waals surface area contributed by atoms with Gasteiger partial charge in [-0.15, -0.1) is 0 Å². The fourth-order valence-corrected chi connectivity index (χ4v) is 6.42. The van der Waals surface area contributed by atoms with Gasteiger partial charge >= 0.3 is 5.97 Å². The summed E-state index contributed by atoms with van der Waals surface area (Å²) >= 11 is 0. The standard InChI is InChI=1S/C35H64O7/c1-3-4-5-6-7-8-9-10-11-15-22-33-32(39)23-24-34(42-33)31(38)21-17-16-19-29(36)18-13-12-14-20-30(37)26-28-25-27(2)41-35(28)40/h25,27,29-34,36-39H,3-24,26H2,1-2H3. The zero-order valence-electron chi connectivity index (χ0n) is 26.9. The maximum atomic E-state index is 11.7. The zero-order valence-corrected chi connectivity index (χ0v) is 26.9. The molecule has 4 N–H and O–H groups in total. The average Bonchev–Trinajstić information content (AvgIpc) is 3.28. The van der Waals surface area contributed by atoms with Crippen LogP contribution in [-0.4, -0.2) is 69.1 Å². The van der Waals surface area contributed by atoms with E-state index in [0.29, 0.717) is 37.7 Å². The second-order valence-electron chi connectivity index (χ2n) is 13.1. The molecule has 0 aromatic rings. The van der Waals surface area contributed by atoms with Crippen molar-refractivity contribution in [2.45, 2.75) is 204 Å². The number of rotatable bonds is 25. The summed E-state index contributed by atoms with van der Waals surface area (Å²) in [4.78, 5) is 11.7. The molecule has 1 saturated heterocycles. The Labute approximate surface area is 256 Å². The molecule has 7 nitrogen and oxygen atoms in total. The number of aliphatic hydroxyl groups is 4. The molecule has 0 aliphatic carbocycles. The van der Waals surface area contributed by atoms with Crippen LogP contribution in [0.2, 0.25) is 0 Å². The molecule has 0 aromatic heterocycles. The van der Waals surface area contributed by atoms with Gasteiger partial charge in [0.25, 0.3) is 0 Å². The lowest BCUT2D eigenvalue weighted by atomic mass is 9.92. The molecule has 0 radical (unpaired) electrons. The number of esters is 1. The molecule has 2 rings (SSSR count). The minimum Gasteiger partial charge on any atom is -0.455 e. The molecule has 2 heterocycles. The molecule has 0 saturated carbocycles. The summed E-state index contributed by atoms with van der Waals surface area (Å²) in [5, 5.41) is 41.7. The van der Waals surface area contributed by atoms with Gasteiger partial charge in [-0.3, -0.25) is 0 Å². The summed E-state index contributed by atoms with van der Waals surface area (Å²) < 4.78 is 11.2. The van der Waals surface area contributed by atoms with Crippen LogP contribution in [0.5, 0.6) is 0 Å². The highest BCUT2D eigenvalue weighted by Gasteiger charge is 2.33. The molecule has 7 unspecified atom stereocenters. The molecule has 42 heavy (non-hydrogen) atoms. The van der Waals surface area contributed by atoms with Gasteiger partial charge in [0.1, 0.15) is 6.10 Å². The number of carbonyl (C=O) groups is 1. The topological polar surface area (TPSA) is 116 Å². The van der Waals surface area contributed by atoms with Gasteiger partial charge in [-0.25, -0.2) is 4.79 Å². The molecule has 0 bridgehead atoms. The first-order chi connectivity index (χ1) is 20.3. The zero-order chi connectivity index (χ0) is 30.6. The van der Waals surface area contributed by atoms with Crippen LogP contribution in [0.4, 0.5) is 0 Å². The molecule has 246 valence electrons. The first-order valence-corrected chi connectivity index (χ1v) is 17.6. The summed E-state index contributed by atoms with van der Waals surface area (Å²) in [6.45, 7) is 4.07. The van der Waals surface area contributed by atoms with E-state index in [-0.39, 0.29) is 30.4 Å². The third-order valence-corrected chi connectivity index (χ3v) is 9.11. The van der Waals surface area contributed by atoms with Crippen LogP contribution >= 0.6 is 0 Å².